The third-order valence-corrected chi connectivity index (χ3v) is 5.14. The molecule has 0 aromatic carbocycles. The van der Waals surface area contributed by atoms with Crippen LogP contribution in [-0.2, 0) is 13.0 Å². The van der Waals surface area contributed by atoms with Crippen LogP contribution in [0.2, 0.25) is 0 Å². The van der Waals surface area contributed by atoms with Gasteiger partial charge < -0.3 is 10.6 Å². The molecule has 3 heterocycles. The molecule has 1 saturated heterocycles. The highest BCUT2D eigenvalue weighted by atomic mass is 19.1. The monoisotopic (exact) mass is 347 g/mol. The standard InChI is InChI=1S/C19H30FN5/c1-2-3-8-17-23-18-15(19(21)24-17)12-22-16(18)7-5-4-6-10-25-11-9-14(20)13-25/h14H,2-13H2,1H3,(H2,21,23,24)/t14-/m0/s1. The van der Waals surface area contributed by atoms with Gasteiger partial charge in [-0.1, -0.05) is 19.8 Å². The number of likely N-dealkylation sites (tertiary alicyclic amines) is 1. The summed E-state index contributed by atoms with van der Waals surface area (Å²) >= 11 is 0. The Morgan fingerprint density at radius 1 is 1.16 bits per heavy atom. The quantitative estimate of drug-likeness (QED) is 0.696. The van der Waals surface area contributed by atoms with E-state index in [4.69, 9.17) is 10.7 Å². The fraction of sp³-hybridized carbons (Fsp3) is 0.737. The minimum Gasteiger partial charge on any atom is -0.383 e. The number of halogens is 1. The van der Waals surface area contributed by atoms with Gasteiger partial charge in [0.15, 0.2) is 0 Å². The summed E-state index contributed by atoms with van der Waals surface area (Å²) in [6.45, 7) is 5.34. The lowest BCUT2D eigenvalue weighted by Crippen LogP contribution is -2.22. The lowest BCUT2D eigenvalue weighted by Gasteiger charge is -2.14. The van der Waals surface area contributed by atoms with Crippen molar-refractivity contribution >= 4 is 11.5 Å². The minimum atomic E-state index is -0.614. The Labute approximate surface area is 149 Å². The fourth-order valence-corrected chi connectivity index (χ4v) is 3.63. The van der Waals surface area contributed by atoms with Gasteiger partial charge in [0.2, 0.25) is 0 Å². The number of aromatic nitrogens is 2. The first-order valence-electron chi connectivity index (χ1n) is 9.72. The molecule has 2 aliphatic heterocycles. The zero-order valence-corrected chi connectivity index (χ0v) is 15.3. The second-order valence-corrected chi connectivity index (χ2v) is 7.22. The molecule has 2 N–H and O–H groups in total. The van der Waals surface area contributed by atoms with Gasteiger partial charge in [-0.3, -0.25) is 4.99 Å². The molecular formula is C19H30FN5. The number of anilines is 1. The van der Waals surface area contributed by atoms with Gasteiger partial charge in [0.05, 0.1) is 18.0 Å². The van der Waals surface area contributed by atoms with E-state index < -0.39 is 6.17 Å². The molecule has 0 radical (unpaired) electrons. The maximum Gasteiger partial charge on any atom is 0.132 e. The third kappa shape index (κ3) is 4.75. The molecule has 0 amide bonds. The van der Waals surface area contributed by atoms with Gasteiger partial charge in [-0.25, -0.2) is 14.4 Å². The Morgan fingerprint density at radius 3 is 2.80 bits per heavy atom. The van der Waals surface area contributed by atoms with Crippen LogP contribution in [0.3, 0.4) is 0 Å². The predicted octanol–water partition coefficient (Wildman–Crippen LogP) is 3.31. The van der Waals surface area contributed by atoms with Gasteiger partial charge in [-0.05, 0) is 38.6 Å². The summed E-state index contributed by atoms with van der Waals surface area (Å²) in [5.41, 5.74) is 9.18. The number of nitrogen functional groups attached to an aromatic ring is 1. The van der Waals surface area contributed by atoms with Gasteiger partial charge >= 0.3 is 0 Å². The second-order valence-electron chi connectivity index (χ2n) is 7.22. The summed E-state index contributed by atoms with van der Waals surface area (Å²) in [7, 11) is 0. The van der Waals surface area contributed by atoms with Gasteiger partial charge in [-0.2, -0.15) is 0 Å². The number of aliphatic imine (C=N–C) groups is 1. The largest absolute Gasteiger partial charge is 0.383 e. The molecule has 0 bridgehead atoms. The number of nitrogens with two attached hydrogens (primary N) is 1. The van der Waals surface area contributed by atoms with E-state index in [9.17, 15) is 4.39 Å². The predicted molar refractivity (Wildman–Crippen MR) is 99.7 cm³/mol. The zero-order chi connectivity index (χ0) is 17.6. The van der Waals surface area contributed by atoms with Crippen molar-refractivity contribution in [2.45, 2.75) is 71.0 Å². The lowest BCUT2D eigenvalue weighted by atomic mass is 10.1. The van der Waals surface area contributed by atoms with Crippen molar-refractivity contribution in [1.82, 2.24) is 14.9 Å². The third-order valence-electron chi connectivity index (χ3n) is 5.14. The van der Waals surface area contributed by atoms with E-state index in [0.29, 0.717) is 25.3 Å². The second kappa shape index (κ2) is 8.70. The van der Waals surface area contributed by atoms with Crippen LogP contribution in [0, 0.1) is 0 Å². The first-order chi connectivity index (χ1) is 12.2. The first kappa shape index (κ1) is 18.2. The van der Waals surface area contributed by atoms with Crippen LogP contribution in [0.1, 0.15) is 69.0 Å². The molecule has 1 aromatic heterocycles. The Kier molecular flexibility index (Phi) is 6.34. The van der Waals surface area contributed by atoms with Crippen molar-refractivity contribution < 1.29 is 4.39 Å². The van der Waals surface area contributed by atoms with Gasteiger partial charge in [0, 0.05) is 25.1 Å². The molecule has 0 unspecified atom stereocenters. The van der Waals surface area contributed by atoms with E-state index in [-0.39, 0.29) is 0 Å². The smallest absolute Gasteiger partial charge is 0.132 e. The van der Waals surface area contributed by atoms with Crippen molar-refractivity contribution in [3.05, 3.63) is 17.1 Å². The van der Waals surface area contributed by atoms with Crippen molar-refractivity contribution in [1.29, 1.82) is 0 Å². The van der Waals surface area contributed by atoms with Crippen molar-refractivity contribution in [2.75, 3.05) is 25.4 Å². The van der Waals surface area contributed by atoms with Crippen molar-refractivity contribution in [2.24, 2.45) is 4.99 Å². The molecule has 138 valence electrons. The van der Waals surface area contributed by atoms with E-state index in [1.54, 1.807) is 0 Å². The van der Waals surface area contributed by atoms with E-state index in [1.807, 2.05) is 0 Å². The van der Waals surface area contributed by atoms with Crippen LogP contribution in [0.15, 0.2) is 4.99 Å². The normalized spacial score (nSPS) is 20.1. The highest BCUT2D eigenvalue weighted by Gasteiger charge is 2.22. The number of hydrogen-bond donors (Lipinski definition) is 1. The molecule has 0 aliphatic carbocycles. The topological polar surface area (TPSA) is 67.4 Å². The average molecular weight is 347 g/mol. The number of rotatable bonds is 9. The van der Waals surface area contributed by atoms with E-state index in [2.05, 4.69) is 21.8 Å². The van der Waals surface area contributed by atoms with Crippen LogP contribution in [-0.4, -0.2) is 46.4 Å². The van der Waals surface area contributed by atoms with E-state index >= 15 is 0 Å². The van der Waals surface area contributed by atoms with E-state index in [0.717, 1.165) is 80.8 Å². The summed E-state index contributed by atoms with van der Waals surface area (Å²) in [5.74, 6) is 1.45. The molecule has 0 saturated carbocycles. The molecule has 0 spiro atoms. The SMILES string of the molecule is CCCCc1nc(N)c2c(n1)C(CCCCCN1CC[C@H](F)C1)=NC2. The number of unbranched alkanes of at least 4 members (excludes halogenated alkanes) is 3. The number of nitrogens with zero attached hydrogens (tertiary/aromatic N) is 4. The summed E-state index contributed by atoms with van der Waals surface area (Å²) < 4.78 is 13.2. The summed E-state index contributed by atoms with van der Waals surface area (Å²) in [6.07, 6.45) is 7.49. The Balaban J connectivity index is 1.46. The summed E-state index contributed by atoms with van der Waals surface area (Å²) in [4.78, 5) is 16.0. The molecule has 6 heteroatoms. The highest BCUT2D eigenvalue weighted by molar-refractivity contribution is 6.02. The van der Waals surface area contributed by atoms with Crippen LogP contribution >= 0.6 is 0 Å². The Morgan fingerprint density at radius 2 is 2.04 bits per heavy atom. The maximum absolute atomic E-state index is 13.2. The minimum absolute atomic E-state index is 0.602. The van der Waals surface area contributed by atoms with Gasteiger partial charge in [0.1, 0.15) is 17.8 Å². The number of fused-ring (bicyclic) bond motifs is 1. The van der Waals surface area contributed by atoms with E-state index in [1.165, 1.54) is 0 Å². The maximum atomic E-state index is 13.2. The van der Waals surface area contributed by atoms with Gasteiger partial charge in [0.25, 0.3) is 0 Å². The molecule has 3 rings (SSSR count). The van der Waals surface area contributed by atoms with Crippen LogP contribution < -0.4 is 5.73 Å². The molecular weight excluding hydrogens is 317 g/mol. The summed E-state index contributed by atoms with van der Waals surface area (Å²) in [5, 5.41) is 0. The molecule has 5 nitrogen and oxygen atoms in total. The number of hydrogen-bond acceptors (Lipinski definition) is 5. The highest BCUT2D eigenvalue weighted by Crippen LogP contribution is 2.25. The summed E-state index contributed by atoms with van der Waals surface area (Å²) in [6, 6.07) is 0. The van der Waals surface area contributed by atoms with Crippen LogP contribution in [0.5, 0.6) is 0 Å². The zero-order valence-electron chi connectivity index (χ0n) is 15.3. The molecule has 1 aromatic rings. The van der Waals surface area contributed by atoms with Crippen molar-refractivity contribution in [3.63, 3.8) is 0 Å². The molecule has 25 heavy (non-hydrogen) atoms. The lowest BCUT2D eigenvalue weighted by molar-refractivity contribution is 0.283. The Bertz CT molecular complexity index is 616. The van der Waals surface area contributed by atoms with Crippen LogP contribution in [0.4, 0.5) is 10.2 Å². The fourth-order valence-electron chi connectivity index (χ4n) is 3.63. The molecule has 1 atom stereocenters. The number of aryl methyl sites for hydroxylation is 1. The van der Waals surface area contributed by atoms with Crippen LogP contribution in [0.25, 0.3) is 0 Å². The van der Waals surface area contributed by atoms with Crippen molar-refractivity contribution in [3.8, 4) is 0 Å². The number of alkyl halides is 1. The molecule has 1 fully saturated rings. The first-order valence-corrected chi connectivity index (χ1v) is 9.72. The van der Waals surface area contributed by atoms with Gasteiger partial charge in [-0.15, -0.1) is 0 Å². The average Bonchev–Trinajstić information content (AvgIpc) is 3.19. The Hall–Kier alpha value is -1.56. The molecule has 2 aliphatic rings.